The molecule has 2 aromatic carbocycles. The van der Waals surface area contributed by atoms with Gasteiger partial charge in [0.15, 0.2) is 11.5 Å². The van der Waals surface area contributed by atoms with E-state index in [1.165, 1.54) is 10.6 Å². The molecule has 14 nitrogen and oxygen atoms in total. The maximum Gasteiger partial charge on any atom is 0.211 e. The van der Waals surface area contributed by atoms with Crippen molar-refractivity contribution in [1.29, 1.82) is 0 Å². The van der Waals surface area contributed by atoms with E-state index >= 15 is 0 Å². The molecule has 0 aliphatic rings. The highest BCUT2D eigenvalue weighted by Crippen LogP contribution is 2.34. The summed E-state index contributed by atoms with van der Waals surface area (Å²) in [6, 6.07) is 14.7. The first-order valence-electron chi connectivity index (χ1n) is 15.5. The minimum Gasteiger partial charge on any atom is -0.497 e. The van der Waals surface area contributed by atoms with Crippen LogP contribution in [0.1, 0.15) is 11.1 Å². The van der Waals surface area contributed by atoms with E-state index in [1.807, 2.05) is 55.3 Å². The van der Waals surface area contributed by atoms with Gasteiger partial charge in [-0.2, -0.15) is 9.40 Å². The molecule has 4 heterocycles. The zero-order valence-corrected chi connectivity index (χ0v) is 29.1. The van der Waals surface area contributed by atoms with Crippen LogP contribution in [0.5, 0.6) is 17.2 Å². The van der Waals surface area contributed by atoms with Crippen molar-refractivity contribution < 1.29 is 22.6 Å². The van der Waals surface area contributed by atoms with Crippen LogP contribution in [0.25, 0.3) is 33.5 Å². The summed E-state index contributed by atoms with van der Waals surface area (Å²) in [7, 11) is 5.12. The topological polar surface area (TPSA) is 141 Å². The average molecular weight is 686 g/mol. The number of methoxy groups -OCH3 is 3. The van der Waals surface area contributed by atoms with Crippen LogP contribution in [-0.2, 0) is 23.1 Å². The zero-order valence-electron chi connectivity index (χ0n) is 28.3. The lowest BCUT2D eigenvalue weighted by Gasteiger charge is -2.22. The summed E-state index contributed by atoms with van der Waals surface area (Å²) in [6.07, 6.45) is 8.31. The van der Waals surface area contributed by atoms with Crippen LogP contribution < -0.4 is 19.5 Å². The number of aromatic nitrogens is 6. The Kier molecular flexibility index (Phi) is 9.67. The van der Waals surface area contributed by atoms with Crippen molar-refractivity contribution in [3.8, 4) is 34.2 Å². The predicted octanol–water partition coefficient (Wildman–Crippen LogP) is 4.09. The van der Waals surface area contributed by atoms with Gasteiger partial charge in [-0.3, -0.25) is 4.98 Å². The molecule has 15 heteroatoms. The van der Waals surface area contributed by atoms with Crippen molar-refractivity contribution in [3.63, 3.8) is 0 Å². The number of hydrogen-bond acceptors (Lipinski definition) is 11. The van der Waals surface area contributed by atoms with Gasteiger partial charge in [0.25, 0.3) is 0 Å². The number of anilines is 1. The summed E-state index contributed by atoms with van der Waals surface area (Å²) >= 11 is 0. The number of likely N-dealkylation sites (N-methyl/N-ethyl adjacent to an activating group) is 1. The van der Waals surface area contributed by atoms with Gasteiger partial charge in [-0.25, -0.2) is 22.6 Å². The van der Waals surface area contributed by atoms with Gasteiger partial charge in [-0.1, -0.05) is 12.1 Å². The van der Waals surface area contributed by atoms with E-state index in [9.17, 15) is 8.42 Å². The molecule has 0 radical (unpaired) electrons. The van der Waals surface area contributed by atoms with E-state index in [4.69, 9.17) is 24.3 Å². The molecule has 0 saturated heterocycles. The molecule has 6 aromatic rings. The third-order valence-electron chi connectivity index (χ3n) is 8.11. The molecule has 0 saturated carbocycles. The molecule has 256 valence electrons. The Balaban J connectivity index is 1.39. The molecule has 0 aliphatic heterocycles. The average Bonchev–Trinajstić information content (AvgIpc) is 3.69. The Morgan fingerprint density at radius 3 is 2.47 bits per heavy atom. The number of ether oxygens (including phenoxy) is 3. The first-order chi connectivity index (χ1) is 23.6. The Morgan fingerprint density at radius 2 is 1.73 bits per heavy atom. The van der Waals surface area contributed by atoms with Gasteiger partial charge < -0.3 is 24.4 Å². The zero-order chi connectivity index (χ0) is 34.7. The second-order valence-electron chi connectivity index (χ2n) is 11.7. The van der Waals surface area contributed by atoms with Crippen molar-refractivity contribution in [2.45, 2.75) is 13.1 Å². The first kappa shape index (κ1) is 33.6. The normalized spacial score (nSPS) is 11.9. The Hall–Kier alpha value is -5.25. The largest absolute Gasteiger partial charge is 0.497 e. The van der Waals surface area contributed by atoms with E-state index in [1.54, 1.807) is 62.6 Å². The highest BCUT2D eigenvalue weighted by molar-refractivity contribution is 7.88. The maximum atomic E-state index is 13.0. The van der Waals surface area contributed by atoms with Crippen LogP contribution in [0.2, 0.25) is 0 Å². The van der Waals surface area contributed by atoms with Gasteiger partial charge in [0, 0.05) is 56.4 Å². The van der Waals surface area contributed by atoms with Crippen LogP contribution in [0, 0.1) is 0 Å². The van der Waals surface area contributed by atoms with Gasteiger partial charge in [-0.05, 0) is 50.0 Å². The van der Waals surface area contributed by atoms with Crippen molar-refractivity contribution >= 4 is 32.4 Å². The van der Waals surface area contributed by atoms with Crippen LogP contribution >= 0.6 is 0 Å². The Morgan fingerprint density at radius 1 is 0.918 bits per heavy atom. The summed E-state index contributed by atoms with van der Waals surface area (Å²) in [6.45, 7) is 1.70. The van der Waals surface area contributed by atoms with Gasteiger partial charge in [0.1, 0.15) is 22.9 Å². The number of sulfonamides is 1. The monoisotopic (exact) mass is 685 g/mol. The van der Waals surface area contributed by atoms with Crippen molar-refractivity contribution in [2.24, 2.45) is 0 Å². The highest BCUT2D eigenvalue weighted by Gasteiger charge is 2.22. The van der Waals surface area contributed by atoms with Crippen LogP contribution in [0.15, 0.2) is 73.3 Å². The second kappa shape index (κ2) is 14.1. The summed E-state index contributed by atoms with van der Waals surface area (Å²) in [5, 5.41) is 13.7. The lowest BCUT2D eigenvalue weighted by molar-refractivity contribution is 0.370. The lowest BCUT2D eigenvalue weighted by atomic mass is 10.1. The number of hydrogen-bond donors (Lipinski definition) is 1. The fourth-order valence-corrected chi connectivity index (χ4v) is 6.30. The molecule has 0 atom stereocenters. The van der Waals surface area contributed by atoms with Crippen molar-refractivity contribution in [2.75, 3.05) is 60.1 Å². The molecular formula is C34H39N9O5S. The summed E-state index contributed by atoms with van der Waals surface area (Å²) in [4.78, 5) is 11.4. The maximum absolute atomic E-state index is 13.0. The van der Waals surface area contributed by atoms with Crippen LogP contribution in [0.4, 0.5) is 5.82 Å². The van der Waals surface area contributed by atoms with Gasteiger partial charge in [0.05, 0.1) is 55.9 Å². The molecule has 0 aliphatic carbocycles. The van der Waals surface area contributed by atoms with Gasteiger partial charge in [-0.15, -0.1) is 5.10 Å². The molecule has 0 amide bonds. The molecule has 6 rings (SSSR count). The lowest BCUT2D eigenvalue weighted by Crippen LogP contribution is -2.29. The van der Waals surface area contributed by atoms with E-state index in [-0.39, 0.29) is 13.1 Å². The fourth-order valence-electron chi connectivity index (χ4n) is 5.54. The van der Waals surface area contributed by atoms with Crippen LogP contribution in [-0.4, -0.2) is 102 Å². The number of pyridine rings is 1. The SMILES string of the molecule is COc1ccc(CN(Cc2ccc(-n3nc(NCCN(C)C)c4cnc(-c5cnn6cccnc56)cc43)c(OC)c2)S(C)(=O)=O)c(OC)c1. The summed E-state index contributed by atoms with van der Waals surface area (Å²) in [5.74, 6) is 2.35. The van der Waals surface area contributed by atoms with E-state index in [2.05, 4.69) is 20.3 Å². The molecule has 4 aromatic heterocycles. The summed E-state index contributed by atoms with van der Waals surface area (Å²) in [5.41, 5.74) is 5.08. The van der Waals surface area contributed by atoms with E-state index in [0.717, 1.165) is 28.6 Å². The van der Waals surface area contributed by atoms with E-state index in [0.29, 0.717) is 52.2 Å². The third-order valence-corrected chi connectivity index (χ3v) is 9.31. The minimum atomic E-state index is -3.61. The predicted molar refractivity (Wildman–Crippen MR) is 188 cm³/mol. The van der Waals surface area contributed by atoms with Gasteiger partial charge >= 0.3 is 0 Å². The summed E-state index contributed by atoms with van der Waals surface area (Å²) < 4.78 is 47.6. The molecule has 0 unspecified atom stereocenters. The van der Waals surface area contributed by atoms with Crippen LogP contribution in [0.3, 0.4) is 0 Å². The molecular weight excluding hydrogens is 646 g/mol. The highest BCUT2D eigenvalue weighted by atomic mass is 32.2. The number of nitrogens with zero attached hydrogens (tertiary/aromatic N) is 8. The standard InChI is InChI=1S/C34H39N9O5S/c1-40(2)15-13-35-33-27-19-37-28(26-20-38-42-14-7-12-36-34(26)42)18-30(27)43(39-33)29-11-8-23(16-32(29)48-5)21-41(49(6,44)45)22-24-9-10-25(46-3)17-31(24)47-4/h7-12,14,16-20H,13,15,21-22H2,1-6H3,(H,35,39). The fraction of sp³-hybridized carbons (Fsp3) is 0.294. The number of rotatable bonds is 14. The third kappa shape index (κ3) is 7.13. The molecule has 0 bridgehead atoms. The molecule has 0 spiro atoms. The van der Waals surface area contributed by atoms with E-state index < -0.39 is 10.0 Å². The van der Waals surface area contributed by atoms with Crippen molar-refractivity contribution in [1.82, 2.24) is 38.6 Å². The van der Waals surface area contributed by atoms with Gasteiger partial charge in [0.2, 0.25) is 10.0 Å². The first-order valence-corrected chi connectivity index (χ1v) is 17.3. The quantitative estimate of drug-likeness (QED) is 0.177. The van der Waals surface area contributed by atoms with Crippen molar-refractivity contribution in [3.05, 3.63) is 84.4 Å². The molecule has 0 fully saturated rings. The Bertz CT molecular complexity index is 2220. The molecule has 1 N–H and O–H groups in total. The second-order valence-corrected chi connectivity index (χ2v) is 13.7. The number of nitrogens with one attached hydrogen (secondary N) is 1. The smallest absolute Gasteiger partial charge is 0.211 e. The molecule has 49 heavy (non-hydrogen) atoms. The number of fused-ring (bicyclic) bond motifs is 2. The Labute approximate surface area is 284 Å². The number of benzene rings is 2. The minimum absolute atomic E-state index is 0.107.